The number of pyridine rings is 1. The smallest absolute Gasteiger partial charge is 0.176 e. The van der Waals surface area contributed by atoms with Crippen LogP contribution in [0.15, 0.2) is 54.7 Å². The van der Waals surface area contributed by atoms with Gasteiger partial charge in [-0.3, -0.25) is 0 Å². The van der Waals surface area contributed by atoms with Gasteiger partial charge < -0.3 is 15.4 Å². The van der Waals surface area contributed by atoms with Crippen LogP contribution < -0.4 is 15.4 Å². The molecule has 0 saturated heterocycles. The Balaban J connectivity index is 1.69. The maximum Gasteiger partial charge on any atom is 0.176 e. The number of benzene rings is 2. The van der Waals surface area contributed by atoms with Crippen molar-refractivity contribution >= 4 is 40.4 Å². The van der Waals surface area contributed by atoms with Crippen molar-refractivity contribution in [2.24, 2.45) is 0 Å². The Hall–Kier alpha value is -2.63. The molecule has 3 rings (SSSR count). The molecule has 144 valence electrons. The summed E-state index contributed by atoms with van der Waals surface area (Å²) in [5.74, 6) is 1.21. The van der Waals surface area contributed by atoms with Crippen molar-refractivity contribution in [3.8, 4) is 5.75 Å². The molecule has 1 aromatic heterocycles. The number of thiocarbonyl (C=S) groups is 1. The SMILES string of the molecule is Cc1cc(C)c(COc2cccnc2NC(=S)Nc2ccc(Cl)cc2)c(C)c1. The lowest BCUT2D eigenvalue weighted by Crippen LogP contribution is -2.20. The Bertz CT molecular complexity index is 966. The van der Waals surface area contributed by atoms with E-state index in [2.05, 4.69) is 48.5 Å². The highest BCUT2D eigenvalue weighted by Gasteiger charge is 2.10. The molecule has 28 heavy (non-hydrogen) atoms. The van der Waals surface area contributed by atoms with Crippen LogP contribution >= 0.6 is 23.8 Å². The first-order valence-electron chi connectivity index (χ1n) is 8.90. The largest absolute Gasteiger partial charge is 0.485 e. The van der Waals surface area contributed by atoms with Crippen molar-refractivity contribution in [1.29, 1.82) is 0 Å². The monoisotopic (exact) mass is 411 g/mol. The molecule has 2 N–H and O–H groups in total. The summed E-state index contributed by atoms with van der Waals surface area (Å²) in [5, 5.41) is 7.31. The van der Waals surface area contributed by atoms with E-state index in [1.165, 1.54) is 22.3 Å². The Labute approximate surface area is 175 Å². The Morgan fingerprint density at radius 3 is 2.39 bits per heavy atom. The number of nitrogens with zero attached hydrogens (tertiary/aromatic N) is 1. The maximum atomic E-state index is 6.06. The lowest BCUT2D eigenvalue weighted by atomic mass is 10.0. The van der Waals surface area contributed by atoms with Crippen LogP contribution in [0.4, 0.5) is 11.5 Å². The van der Waals surface area contributed by atoms with E-state index in [0.29, 0.717) is 28.3 Å². The number of anilines is 2. The first-order chi connectivity index (χ1) is 13.4. The van der Waals surface area contributed by atoms with Crippen LogP contribution in [0.3, 0.4) is 0 Å². The van der Waals surface area contributed by atoms with Crippen molar-refractivity contribution in [3.63, 3.8) is 0 Å². The van der Waals surface area contributed by atoms with E-state index >= 15 is 0 Å². The fourth-order valence-corrected chi connectivity index (χ4v) is 3.33. The zero-order valence-electron chi connectivity index (χ0n) is 16.0. The van der Waals surface area contributed by atoms with Gasteiger partial charge in [-0.2, -0.15) is 0 Å². The highest BCUT2D eigenvalue weighted by molar-refractivity contribution is 7.80. The van der Waals surface area contributed by atoms with Crippen LogP contribution in [0.25, 0.3) is 0 Å². The lowest BCUT2D eigenvalue weighted by Gasteiger charge is -2.16. The standard InChI is InChI=1S/C22H22ClN3OS/c1-14-11-15(2)19(16(3)12-14)13-27-20-5-4-10-24-21(20)26-22(28)25-18-8-6-17(23)7-9-18/h4-12H,13H2,1-3H3,(H2,24,25,26,28). The van der Waals surface area contributed by atoms with Crippen molar-refractivity contribution in [1.82, 2.24) is 4.98 Å². The van der Waals surface area contributed by atoms with Crippen molar-refractivity contribution in [2.45, 2.75) is 27.4 Å². The van der Waals surface area contributed by atoms with Crippen LogP contribution in [0, 0.1) is 20.8 Å². The molecule has 2 aromatic carbocycles. The van der Waals surface area contributed by atoms with E-state index in [0.717, 1.165) is 5.69 Å². The maximum absolute atomic E-state index is 6.06. The topological polar surface area (TPSA) is 46.2 Å². The summed E-state index contributed by atoms with van der Waals surface area (Å²) in [6, 6.07) is 15.4. The summed E-state index contributed by atoms with van der Waals surface area (Å²) in [4.78, 5) is 4.36. The molecule has 0 saturated carbocycles. The van der Waals surface area contributed by atoms with E-state index in [1.54, 1.807) is 18.3 Å². The van der Waals surface area contributed by atoms with Crippen molar-refractivity contribution in [2.75, 3.05) is 10.6 Å². The third-order valence-electron chi connectivity index (χ3n) is 4.32. The van der Waals surface area contributed by atoms with Gasteiger partial charge in [0.1, 0.15) is 6.61 Å². The normalized spacial score (nSPS) is 10.4. The van der Waals surface area contributed by atoms with Gasteiger partial charge in [0.15, 0.2) is 16.7 Å². The minimum absolute atomic E-state index is 0.425. The lowest BCUT2D eigenvalue weighted by molar-refractivity contribution is 0.305. The fourth-order valence-electron chi connectivity index (χ4n) is 2.99. The molecule has 0 amide bonds. The molecule has 6 heteroatoms. The number of aromatic nitrogens is 1. The van der Waals surface area contributed by atoms with Gasteiger partial charge in [0.25, 0.3) is 0 Å². The Morgan fingerprint density at radius 2 is 1.71 bits per heavy atom. The zero-order chi connectivity index (χ0) is 20.1. The molecule has 0 aliphatic heterocycles. The molecule has 0 fully saturated rings. The van der Waals surface area contributed by atoms with Gasteiger partial charge in [-0.15, -0.1) is 0 Å². The van der Waals surface area contributed by atoms with E-state index in [1.807, 2.05) is 24.3 Å². The summed E-state index contributed by atoms with van der Waals surface area (Å²) in [6.45, 7) is 6.77. The number of rotatable bonds is 5. The van der Waals surface area contributed by atoms with E-state index < -0.39 is 0 Å². The van der Waals surface area contributed by atoms with Gasteiger partial charge in [-0.1, -0.05) is 29.3 Å². The van der Waals surface area contributed by atoms with Crippen LogP contribution in [0.5, 0.6) is 5.75 Å². The minimum Gasteiger partial charge on any atom is -0.485 e. The van der Waals surface area contributed by atoms with Gasteiger partial charge in [0.05, 0.1) is 0 Å². The number of halogens is 1. The van der Waals surface area contributed by atoms with Gasteiger partial charge >= 0.3 is 0 Å². The second-order valence-corrected chi connectivity index (χ2v) is 7.45. The van der Waals surface area contributed by atoms with Crippen molar-refractivity contribution < 1.29 is 4.74 Å². The molecule has 0 atom stereocenters. The van der Waals surface area contributed by atoms with Crippen LogP contribution in [-0.4, -0.2) is 10.1 Å². The highest BCUT2D eigenvalue weighted by atomic mass is 35.5. The van der Waals surface area contributed by atoms with E-state index in [-0.39, 0.29) is 0 Å². The summed E-state index contributed by atoms with van der Waals surface area (Å²) in [7, 11) is 0. The van der Waals surface area contributed by atoms with Gasteiger partial charge in [0.2, 0.25) is 0 Å². The predicted molar refractivity (Wildman–Crippen MR) is 121 cm³/mol. The molecule has 0 bridgehead atoms. The average molecular weight is 412 g/mol. The predicted octanol–water partition coefficient (Wildman–Crippen LogP) is 6.05. The zero-order valence-corrected chi connectivity index (χ0v) is 17.6. The number of aryl methyl sites for hydroxylation is 3. The van der Waals surface area contributed by atoms with Gasteiger partial charge in [-0.05, 0) is 86.1 Å². The molecule has 3 aromatic rings. The van der Waals surface area contributed by atoms with E-state index in [4.69, 9.17) is 28.6 Å². The average Bonchev–Trinajstić information content (AvgIpc) is 2.64. The molecule has 1 heterocycles. The van der Waals surface area contributed by atoms with Gasteiger partial charge in [-0.25, -0.2) is 4.98 Å². The first kappa shape index (κ1) is 20.1. The second kappa shape index (κ2) is 9.04. The minimum atomic E-state index is 0.425. The molecule has 0 aliphatic rings. The van der Waals surface area contributed by atoms with E-state index in [9.17, 15) is 0 Å². The molecule has 0 radical (unpaired) electrons. The van der Waals surface area contributed by atoms with Gasteiger partial charge in [0, 0.05) is 16.9 Å². The van der Waals surface area contributed by atoms with Crippen LogP contribution in [0.2, 0.25) is 5.02 Å². The number of hydrogen-bond acceptors (Lipinski definition) is 3. The molecular formula is C22H22ClN3OS. The second-order valence-electron chi connectivity index (χ2n) is 6.60. The molecule has 0 aliphatic carbocycles. The quantitative estimate of drug-likeness (QED) is 0.500. The third kappa shape index (κ3) is 5.21. The molecule has 0 unspecified atom stereocenters. The molecule has 4 nitrogen and oxygen atoms in total. The third-order valence-corrected chi connectivity index (χ3v) is 4.77. The highest BCUT2D eigenvalue weighted by Crippen LogP contribution is 2.25. The molecule has 0 spiro atoms. The van der Waals surface area contributed by atoms with Crippen LogP contribution in [-0.2, 0) is 6.61 Å². The fraction of sp³-hybridized carbons (Fsp3) is 0.182. The number of hydrogen-bond donors (Lipinski definition) is 2. The molecular weight excluding hydrogens is 390 g/mol. The summed E-state index contributed by atoms with van der Waals surface area (Å²) < 4.78 is 6.06. The Morgan fingerprint density at radius 1 is 1.04 bits per heavy atom. The first-order valence-corrected chi connectivity index (χ1v) is 9.69. The Kier molecular flexibility index (Phi) is 6.49. The summed E-state index contributed by atoms with van der Waals surface area (Å²) >= 11 is 11.3. The summed E-state index contributed by atoms with van der Waals surface area (Å²) in [6.07, 6.45) is 1.70. The van der Waals surface area contributed by atoms with Crippen LogP contribution in [0.1, 0.15) is 22.3 Å². The summed E-state index contributed by atoms with van der Waals surface area (Å²) in [5.41, 5.74) is 5.71. The number of ether oxygens (including phenoxy) is 1. The van der Waals surface area contributed by atoms with Crippen molar-refractivity contribution in [3.05, 3.63) is 82.0 Å². The number of nitrogens with one attached hydrogen (secondary N) is 2.